The van der Waals surface area contributed by atoms with Crippen molar-refractivity contribution in [2.75, 3.05) is 18.2 Å². The van der Waals surface area contributed by atoms with Crippen LogP contribution >= 0.6 is 11.8 Å². The van der Waals surface area contributed by atoms with Gasteiger partial charge in [-0.3, -0.25) is 4.79 Å². The van der Waals surface area contributed by atoms with E-state index in [1.807, 2.05) is 72.8 Å². The largest absolute Gasteiger partial charge is 0.497 e. The zero-order valence-corrected chi connectivity index (χ0v) is 18.8. The minimum atomic E-state index is -0.0982. The molecule has 5 rings (SSSR count). The zero-order chi connectivity index (χ0) is 22.6. The minimum Gasteiger partial charge on any atom is -0.497 e. The Morgan fingerprint density at radius 3 is 2.39 bits per heavy atom. The molecule has 0 atom stereocenters. The van der Waals surface area contributed by atoms with E-state index in [0.717, 1.165) is 43.7 Å². The van der Waals surface area contributed by atoms with Crippen LogP contribution in [0.25, 0.3) is 33.1 Å². The van der Waals surface area contributed by atoms with Crippen molar-refractivity contribution in [2.24, 2.45) is 0 Å². The first kappa shape index (κ1) is 21.0. The van der Waals surface area contributed by atoms with Gasteiger partial charge in [-0.1, -0.05) is 72.4 Å². The minimum absolute atomic E-state index is 0.0982. The Balaban J connectivity index is 1.48. The Morgan fingerprint density at radius 2 is 1.61 bits per heavy atom. The predicted molar refractivity (Wildman–Crippen MR) is 135 cm³/mol. The summed E-state index contributed by atoms with van der Waals surface area (Å²) in [4.78, 5) is 22.4. The maximum absolute atomic E-state index is 12.6. The SMILES string of the molecule is COc1ccc(NC(=O)CSc2nc(-c3ccccc3)nc3c2ccc2ccccc23)cc1. The second-order valence-corrected chi connectivity index (χ2v) is 8.43. The molecular formula is C27H21N3O2S. The van der Waals surface area contributed by atoms with Gasteiger partial charge in [0.1, 0.15) is 10.8 Å². The lowest BCUT2D eigenvalue weighted by Crippen LogP contribution is -2.14. The molecule has 5 aromatic rings. The van der Waals surface area contributed by atoms with Gasteiger partial charge in [0.15, 0.2) is 5.82 Å². The highest BCUT2D eigenvalue weighted by atomic mass is 32.2. The Labute approximate surface area is 195 Å². The molecule has 4 aromatic carbocycles. The van der Waals surface area contributed by atoms with Gasteiger partial charge in [0.05, 0.1) is 18.4 Å². The average molecular weight is 452 g/mol. The number of hydrogen-bond acceptors (Lipinski definition) is 5. The molecule has 6 heteroatoms. The number of rotatable bonds is 6. The maximum Gasteiger partial charge on any atom is 0.234 e. The summed E-state index contributed by atoms with van der Waals surface area (Å²) in [7, 11) is 1.61. The van der Waals surface area contributed by atoms with Crippen LogP contribution in [0.15, 0.2) is 96.0 Å². The summed E-state index contributed by atoms with van der Waals surface area (Å²) >= 11 is 1.41. The molecule has 33 heavy (non-hydrogen) atoms. The molecule has 1 heterocycles. The number of nitrogens with zero attached hydrogens (tertiary/aromatic N) is 2. The van der Waals surface area contributed by atoms with Gasteiger partial charge in [-0.25, -0.2) is 9.97 Å². The third-order valence-corrected chi connectivity index (χ3v) is 6.29. The third-order valence-electron chi connectivity index (χ3n) is 5.30. The normalized spacial score (nSPS) is 10.9. The second kappa shape index (κ2) is 9.30. The zero-order valence-electron chi connectivity index (χ0n) is 18.0. The number of aromatic nitrogens is 2. The molecule has 5 nitrogen and oxygen atoms in total. The molecule has 0 radical (unpaired) electrons. The number of amides is 1. The van der Waals surface area contributed by atoms with E-state index in [2.05, 4.69) is 23.5 Å². The molecule has 0 saturated carbocycles. The lowest BCUT2D eigenvalue weighted by Gasteiger charge is -2.11. The van der Waals surface area contributed by atoms with Crippen LogP contribution in [0.4, 0.5) is 5.69 Å². The molecule has 0 spiro atoms. The topological polar surface area (TPSA) is 64.1 Å². The molecular weight excluding hydrogens is 430 g/mol. The van der Waals surface area contributed by atoms with Crippen molar-refractivity contribution in [1.82, 2.24) is 9.97 Å². The highest BCUT2D eigenvalue weighted by molar-refractivity contribution is 8.00. The number of thioether (sulfide) groups is 1. The number of nitrogens with one attached hydrogen (secondary N) is 1. The fourth-order valence-electron chi connectivity index (χ4n) is 3.67. The maximum atomic E-state index is 12.6. The summed E-state index contributed by atoms with van der Waals surface area (Å²) in [6.45, 7) is 0. The van der Waals surface area contributed by atoms with Crippen LogP contribution in [0.5, 0.6) is 5.75 Å². The Bertz CT molecular complexity index is 1440. The number of fused-ring (bicyclic) bond motifs is 3. The van der Waals surface area contributed by atoms with Crippen molar-refractivity contribution in [2.45, 2.75) is 5.03 Å². The monoisotopic (exact) mass is 451 g/mol. The lowest BCUT2D eigenvalue weighted by atomic mass is 10.1. The van der Waals surface area contributed by atoms with E-state index in [-0.39, 0.29) is 11.7 Å². The quantitative estimate of drug-likeness (QED) is 0.189. The number of benzene rings is 4. The van der Waals surface area contributed by atoms with Crippen LogP contribution in [0.1, 0.15) is 0 Å². The fourth-order valence-corrected chi connectivity index (χ4v) is 4.48. The summed E-state index contributed by atoms with van der Waals surface area (Å²) in [5.74, 6) is 1.53. The van der Waals surface area contributed by atoms with Crippen LogP contribution in [0.3, 0.4) is 0 Å². The van der Waals surface area contributed by atoms with Gasteiger partial charge in [0.2, 0.25) is 5.91 Å². The van der Waals surface area contributed by atoms with Crippen LogP contribution < -0.4 is 10.1 Å². The molecule has 0 saturated heterocycles. The van der Waals surface area contributed by atoms with Crippen molar-refractivity contribution in [3.05, 3.63) is 91.0 Å². The Hall–Kier alpha value is -3.90. The van der Waals surface area contributed by atoms with Gasteiger partial charge in [-0.2, -0.15) is 0 Å². The van der Waals surface area contributed by atoms with Gasteiger partial charge in [0, 0.05) is 22.0 Å². The summed E-state index contributed by atoms with van der Waals surface area (Å²) in [5, 5.41) is 6.85. The first-order valence-corrected chi connectivity index (χ1v) is 11.5. The molecule has 0 unspecified atom stereocenters. The highest BCUT2D eigenvalue weighted by Crippen LogP contribution is 2.32. The van der Waals surface area contributed by atoms with Crippen molar-refractivity contribution >= 4 is 45.0 Å². The molecule has 0 aliphatic rings. The molecule has 1 amide bonds. The molecule has 0 bridgehead atoms. The first-order valence-electron chi connectivity index (χ1n) is 10.5. The van der Waals surface area contributed by atoms with E-state index in [0.29, 0.717) is 5.82 Å². The summed E-state index contributed by atoms with van der Waals surface area (Å²) in [6, 6.07) is 29.5. The van der Waals surface area contributed by atoms with E-state index >= 15 is 0 Å². The molecule has 162 valence electrons. The lowest BCUT2D eigenvalue weighted by molar-refractivity contribution is -0.113. The van der Waals surface area contributed by atoms with Crippen LogP contribution in [-0.2, 0) is 4.79 Å². The Kier molecular flexibility index (Phi) is 5.91. The number of ether oxygens (including phenoxy) is 1. The number of methoxy groups -OCH3 is 1. The summed E-state index contributed by atoms with van der Waals surface area (Å²) in [6.07, 6.45) is 0. The Morgan fingerprint density at radius 1 is 0.848 bits per heavy atom. The highest BCUT2D eigenvalue weighted by Gasteiger charge is 2.14. The molecule has 1 aromatic heterocycles. The van der Waals surface area contributed by atoms with Gasteiger partial charge in [-0.05, 0) is 35.7 Å². The van der Waals surface area contributed by atoms with Gasteiger partial charge in [0.25, 0.3) is 0 Å². The molecule has 0 aliphatic heterocycles. The van der Waals surface area contributed by atoms with Gasteiger partial charge >= 0.3 is 0 Å². The predicted octanol–water partition coefficient (Wildman–Crippen LogP) is 6.19. The molecule has 0 aliphatic carbocycles. The van der Waals surface area contributed by atoms with E-state index in [4.69, 9.17) is 14.7 Å². The number of hydrogen-bond donors (Lipinski definition) is 1. The van der Waals surface area contributed by atoms with Crippen molar-refractivity contribution < 1.29 is 9.53 Å². The van der Waals surface area contributed by atoms with E-state index in [9.17, 15) is 4.79 Å². The van der Waals surface area contributed by atoms with Crippen molar-refractivity contribution in [3.63, 3.8) is 0 Å². The van der Waals surface area contributed by atoms with Crippen molar-refractivity contribution in [1.29, 1.82) is 0 Å². The standard InChI is InChI=1S/C27H21N3O2S/c1-32-21-14-12-20(13-15-21)28-24(31)17-33-27-23-16-11-18-7-5-6-10-22(18)25(23)29-26(30-27)19-8-3-2-4-9-19/h2-16H,17H2,1H3,(H,28,31). The smallest absolute Gasteiger partial charge is 0.234 e. The van der Waals surface area contributed by atoms with Crippen LogP contribution in [0, 0.1) is 0 Å². The number of carbonyl (C=O) groups excluding carboxylic acids is 1. The third kappa shape index (κ3) is 4.52. The van der Waals surface area contributed by atoms with Crippen molar-refractivity contribution in [3.8, 4) is 17.1 Å². The van der Waals surface area contributed by atoms with Gasteiger partial charge in [-0.15, -0.1) is 0 Å². The van der Waals surface area contributed by atoms with E-state index in [1.54, 1.807) is 7.11 Å². The van der Waals surface area contributed by atoms with Crippen LogP contribution in [-0.4, -0.2) is 28.7 Å². The van der Waals surface area contributed by atoms with Gasteiger partial charge < -0.3 is 10.1 Å². The second-order valence-electron chi connectivity index (χ2n) is 7.47. The van der Waals surface area contributed by atoms with E-state index < -0.39 is 0 Å². The van der Waals surface area contributed by atoms with E-state index in [1.165, 1.54) is 11.8 Å². The number of anilines is 1. The average Bonchev–Trinajstić information content (AvgIpc) is 2.88. The fraction of sp³-hybridized carbons (Fsp3) is 0.0741. The number of carbonyl (C=O) groups is 1. The molecule has 1 N–H and O–H groups in total. The molecule has 0 fully saturated rings. The summed E-state index contributed by atoms with van der Waals surface area (Å²) < 4.78 is 5.17. The summed E-state index contributed by atoms with van der Waals surface area (Å²) in [5.41, 5.74) is 2.56. The first-order chi connectivity index (χ1) is 16.2. The van der Waals surface area contributed by atoms with Crippen LogP contribution in [0.2, 0.25) is 0 Å².